The van der Waals surface area contributed by atoms with E-state index in [1.165, 1.54) is 32.1 Å². The molecule has 0 unspecified atom stereocenters. The average Bonchev–Trinajstić information content (AvgIpc) is 2.53. The standard InChI is InChI=1S/C18H23NO2/c1-19(14-16-7-3-2-4-8-16)18(21)17-11-5-9-15(13-17)10-6-12-20/h5,9,11,13,16,20H,2-4,7-8,12,14H2,1H3. The highest BCUT2D eigenvalue weighted by Gasteiger charge is 2.19. The summed E-state index contributed by atoms with van der Waals surface area (Å²) >= 11 is 0. The molecule has 0 bridgehead atoms. The Hall–Kier alpha value is -1.79. The fraction of sp³-hybridized carbons (Fsp3) is 0.500. The second-order valence-corrected chi connectivity index (χ2v) is 5.73. The fourth-order valence-electron chi connectivity index (χ4n) is 2.93. The van der Waals surface area contributed by atoms with Gasteiger partial charge >= 0.3 is 0 Å². The van der Waals surface area contributed by atoms with Crippen LogP contribution in [0.3, 0.4) is 0 Å². The third kappa shape index (κ3) is 4.61. The Morgan fingerprint density at radius 1 is 1.33 bits per heavy atom. The van der Waals surface area contributed by atoms with Crippen LogP contribution in [0.15, 0.2) is 24.3 Å². The van der Waals surface area contributed by atoms with Crippen molar-refractivity contribution in [2.75, 3.05) is 20.2 Å². The number of carbonyl (C=O) groups excluding carboxylic acids is 1. The quantitative estimate of drug-likeness (QED) is 0.867. The van der Waals surface area contributed by atoms with Gasteiger partial charge in [0.05, 0.1) is 0 Å². The lowest BCUT2D eigenvalue weighted by Gasteiger charge is -2.27. The van der Waals surface area contributed by atoms with Gasteiger partial charge in [-0.15, -0.1) is 0 Å². The van der Waals surface area contributed by atoms with Crippen LogP contribution in [0, 0.1) is 17.8 Å². The van der Waals surface area contributed by atoms with E-state index in [9.17, 15) is 4.79 Å². The summed E-state index contributed by atoms with van der Waals surface area (Å²) in [5, 5.41) is 8.73. The molecule has 0 aromatic heterocycles. The molecule has 1 N–H and O–H groups in total. The number of carbonyl (C=O) groups is 1. The van der Waals surface area contributed by atoms with Crippen LogP contribution in [-0.2, 0) is 0 Å². The molecule has 1 aromatic carbocycles. The lowest BCUT2D eigenvalue weighted by molar-refractivity contribution is 0.0760. The SMILES string of the molecule is CN(CC1CCCCC1)C(=O)c1cccc(C#CCO)c1. The molecule has 0 spiro atoms. The Kier molecular flexibility index (Phi) is 5.83. The Morgan fingerprint density at radius 3 is 2.81 bits per heavy atom. The van der Waals surface area contributed by atoms with E-state index in [-0.39, 0.29) is 12.5 Å². The van der Waals surface area contributed by atoms with E-state index in [4.69, 9.17) is 5.11 Å². The number of nitrogens with zero attached hydrogens (tertiary/aromatic N) is 1. The van der Waals surface area contributed by atoms with Gasteiger partial charge in [0, 0.05) is 24.7 Å². The molecule has 0 aliphatic heterocycles. The molecular formula is C18H23NO2. The highest BCUT2D eigenvalue weighted by atomic mass is 16.2. The van der Waals surface area contributed by atoms with Crippen molar-refractivity contribution in [1.29, 1.82) is 0 Å². The van der Waals surface area contributed by atoms with Crippen molar-refractivity contribution in [3.63, 3.8) is 0 Å². The van der Waals surface area contributed by atoms with Crippen LogP contribution < -0.4 is 0 Å². The van der Waals surface area contributed by atoms with Crippen LogP contribution in [0.25, 0.3) is 0 Å². The van der Waals surface area contributed by atoms with Crippen molar-refractivity contribution in [2.24, 2.45) is 5.92 Å². The number of aliphatic hydroxyl groups is 1. The number of hydrogen-bond donors (Lipinski definition) is 1. The third-order valence-corrected chi connectivity index (χ3v) is 4.02. The van der Waals surface area contributed by atoms with E-state index in [1.54, 1.807) is 6.07 Å². The molecular weight excluding hydrogens is 262 g/mol. The summed E-state index contributed by atoms with van der Waals surface area (Å²) < 4.78 is 0. The number of benzene rings is 1. The van der Waals surface area contributed by atoms with Crippen molar-refractivity contribution in [3.8, 4) is 11.8 Å². The second-order valence-electron chi connectivity index (χ2n) is 5.73. The molecule has 0 saturated heterocycles. The van der Waals surface area contributed by atoms with Crippen molar-refractivity contribution in [2.45, 2.75) is 32.1 Å². The van der Waals surface area contributed by atoms with Gasteiger partial charge in [-0.1, -0.05) is 37.2 Å². The maximum atomic E-state index is 12.5. The summed E-state index contributed by atoms with van der Waals surface area (Å²) in [7, 11) is 1.88. The summed E-state index contributed by atoms with van der Waals surface area (Å²) in [5.41, 5.74) is 1.43. The van der Waals surface area contributed by atoms with Gasteiger partial charge in [-0.2, -0.15) is 0 Å². The van der Waals surface area contributed by atoms with Crippen LogP contribution in [0.2, 0.25) is 0 Å². The van der Waals surface area contributed by atoms with Crippen LogP contribution >= 0.6 is 0 Å². The first-order chi connectivity index (χ1) is 10.2. The van der Waals surface area contributed by atoms with Gasteiger partial charge < -0.3 is 10.0 Å². The smallest absolute Gasteiger partial charge is 0.253 e. The summed E-state index contributed by atoms with van der Waals surface area (Å²) in [4.78, 5) is 14.3. The van der Waals surface area contributed by atoms with E-state index >= 15 is 0 Å². The van der Waals surface area contributed by atoms with E-state index in [0.29, 0.717) is 11.5 Å². The normalized spacial score (nSPS) is 15.1. The maximum absolute atomic E-state index is 12.5. The molecule has 0 heterocycles. The van der Waals surface area contributed by atoms with Crippen molar-refractivity contribution >= 4 is 5.91 Å². The molecule has 1 fully saturated rings. The molecule has 1 saturated carbocycles. The summed E-state index contributed by atoms with van der Waals surface area (Å²) in [6.07, 6.45) is 6.39. The molecule has 21 heavy (non-hydrogen) atoms. The molecule has 1 aromatic rings. The van der Waals surface area contributed by atoms with Gasteiger partial charge in [0.25, 0.3) is 5.91 Å². The van der Waals surface area contributed by atoms with Gasteiger partial charge in [0.2, 0.25) is 0 Å². The molecule has 1 amide bonds. The Labute approximate surface area is 127 Å². The predicted molar refractivity (Wildman–Crippen MR) is 83.9 cm³/mol. The summed E-state index contributed by atoms with van der Waals surface area (Å²) in [6.45, 7) is 0.672. The zero-order chi connectivity index (χ0) is 15.1. The highest BCUT2D eigenvalue weighted by molar-refractivity contribution is 5.94. The largest absolute Gasteiger partial charge is 0.384 e. The topological polar surface area (TPSA) is 40.5 Å². The van der Waals surface area contributed by atoms with Crippen molar-refractivity contribution in [3.05, 3.63) is 35.4 Å². The Morgan fingerprint density at radius 2 is 2.10 bits per heavy atom. The molecule has 2 rings (SSSR count). The molecule has 0 atom stereocenters. The monoisotopic (exact) mass is 285 g/mol. The van der Waals surface area contributed by atoms with Gasteiger partial charge in [0.15, 0.2) is 0 Å². The van der Waals surface area contributed by atoms with E-state index < -0.39 is 0 Å². The van der Waals surface area contributed by atoms with Gasteiger partial charge in [0.1, 0.15) is 6.61 Å². The number of hydrogen-bond acceptors (Lipinski definition) is 2. The highest BCUT2D eigenvalue weighted by Crippen LogP contribution is 2.24. The molecule has 1 aliphatic carbocycles. The summed E-state index contributed by atoms with van der Waals surface area (Å²) in [5.74, 6) is 6.14. The van der Waals surface area contributed by atoms with Crippen molar-refractivity contribution in [1.82, 2.24) is 4.90 Å². The van der Waals surface area contributed by atoms with Crippen molar-refractivity contribution < 1.29 is 9.90 Å². The van der Waals surface area contributed by atoms with Crippen LogP contribution in [0.1, 0.15) is 48.0 Å². The molecule has 0 radical (unpaired) electrons. The first-order valence-corrected chi connectivity index (χ1v) is 7.66. The Bertz CT molecular complexity index is 536. The molecule has 1 aliphatic rings. The van der Waals surface area contributed by atoms with Gasteiger partial charge in [-0.3, -0.25) is 4.79 Å². The van der Waals surface area contributed by atoms with E-state index in [0.717, 1.165) is 12.1 Å². The minimum atomic E-state index is -0.167. The minimum Gasteiger partial charge on any atom is -0.384 e. The predicted octanol–water partition coefficient (Wildman–Crippen LogP) is 2.68. The van der Waals surface area contributed by atoms with Crippen LogP contribution in [0.5, 0.6) is 0 Å². The van der Waals surface area contributed by atoms with Gasteiger partial charge in [-0.05, 0) is 37.0 Å². The van der Waals surface area contributed by atoms with Crippen LogP contribution in [-0.4, -0.2) is 36.1 Å². The minimum absolute atomic E-state index is 0.0493. The first-order valence-electron chi connectivity index (χ1n) is 7.66. The zero-order valence-electron chi connectivity index (χ0n) is 12.6. The van der Waals surface area contributed by atoms with Crippen LogP contribution in [0.4, 0.5) is 0 Å². The Balaban J connectivity index is 2.01. The number of aliphatic hydroxyl groups excluding tert-OH is 1. The number of amides is 1. The van der Waals surface area contributed by atoms with Gasteiger partial charge in [-0.25, -0.2) is 0 Å². The zero-order valence-corrected chi connectivity index (χ0v) is 12.6. The molecule has 3 nitrogen and oxygen atoms in total. The summed E-state index contributed by atoms with van der Waals surface area (Å²) in [6, 6.07) is 7.30. The lowest BCUT2D eigenvalue weighted by atomic mass is 9.89. The van der Waals surface area contributed by atoms with E-state index in [1.807, 2.05) is 30.1 Å². The lowest BCUT2D eigenvalue weighted by Crippen LogP contribution is -2.32. The maximum Gasteiger partial charge on any atom is 0.253 e. The second kappa shape index (κ2) is 7.85. The van der Waals surface area contributed by atoms with E-state index in [2.05, 4.69) is 11.8 Å². The molecule has 112 valence electrons. The average molecular weight is 285 g/mol. The number of rotatable bonds is 3. The first kappa shape index (κ1) is 15.6. The molecule has 3 heteroatoms. The third-order valence-electron chi connectivity index (χ3n) is 4.02. The fourth-order valence-corrected chi connectivity index (χ4v) is 2.93.